The van der Waals surface area contributed by atoms with Crippen molar-refractivity contribution < 1.29 is 25.2 Å². The molecule has 0 aromatic heterocycles. The third kappa shape index (κ3) is 2.37. The summed E-state index contributed by atoms with van der Waals surface area (Å²) < 4.78 is 5.50. The second kappa shape index (κ2) is 4.95. The lowest BCUT2D eigenvalue weighted by molar-refractivity contribution is -0.150. The van der Waals surface area contributed by atoms with Gasteiger partial charge in [-0.15, -0.1) is 0 Å². The lowest BCUT2D eigenvalue weighted by atomic mass is 9.83. The first kappa shape index (κ1) is 13.8. The van der Waals surface area contributed by atoms with Crippen molar-refractivity contribution in [1.29, 1.82) is 0 Å². The largest absolute Gasteiger partial charge is 0.396 e. The van der Waals surface area contributed by atoms with Gasteiger partial charge < -0.3 is 30.9 Å². The monoisotopic (exact) mass is 235 g/mol. The van der Waals surface area contributed by atoms with E-state index in [2.05, 4.69) is 0 Å². The molecular formula is C10H21NO5. The van der Waals surface area contributed by atoms with E-state index in [0.717, 1.165) is 0 Å². The molecule has 1 saturated heterocycles. The van der Waals surface area contributed by atoms with Gasteiger partial charge in [-0.3, -0.25) is 0 Å². The van der Waals surface area contributed by atoms with E-state index in [-0.39, 0.29) is 13.2 Å². The second-order valence-corrected chi connectivity index (χ2v) is 4.79. The van der Waals surface area contributed by atoms with Crippen molar-refractivity contribution in [2.45, 2.75) is 43.8 Å². The highest BCUT2D eigenvalue weighted by molar-refractivity contribution is 4.98. The van der Waals surface area contributed by atoms with Crippen molar-refractivity contribution in [3.63, 3.8) is 0 Å². The lowest BCUT2D eigenvalue weighted by Crippen LogP contribution is -2.52. The normalized spacial score (nSPS) is 44.1. The molecule has 1 heterocycles. The fraction of sp³-hybridized carbons (Fsp3) is 1.00. The molecule has 6 heteroatoms. The van der Waals surface area contributed by atoms with E-state index in [4.69, 9.17) is 15.6 Å². The summed E-state index contributed by atoms with van der Waals surface area (Å²) in [6.45, 7) is 2.69. The van der Waals surface area contributed by atoms with E-state index in [1.165, 1.54) is 0 Å². The molecule has 1 aliphatic rings. The van der Waals surface area contributed by atoms with Crippen LogP contribution in [0.25, 0.3) is 0 Å². The minimum Gasteiger partial charge on any atom is -0.396 e. The summed E-state index contributed by atoms with van der Waals surface area (Å²) in [5.41, 5.74) is 4.81. The zero-order valence-corrected chi connectivity index (χ0v) is 9.58. The molecule has 1 aliphatic heterocycles. The fourth-order valence-corrected chi connectivity index (χ4v) is 2.15. The molecule has 0 aliphatic carbocycles. The minimum atomic E-state index is -1.16. The highest BCUT2D eigenvalue weighted by Gasteiger charge is 2.47. The Balaban J connectivity index is 3.00. The zero-order chi connectivity index (χ0) is 12.5. The van der Waals surface area contributed by atoms with E-state index < -0.39 is 35.9 Å². The van der Waals surface area contributed by atoms with Gasteiger partial charge in [0, 0.05) is 5.92 Å². The first-order valence-corrected chi connectivity index (χ1v) is 5.36. The molecule has 0 amide bonds. The van der Waals surface area contributed by atoms with Crippen LogP contribution >= 0.6 is 0 Å². The van der Waals surface area contributed by atoms with E-state index in [1.807, 2.05) is 0 Å². The second-order valence-electron chi connectivity index (χ2n) is 4.79. The molecule has 1 fully saturated rings. The molecule has 0 spiro atoms. The maximum absolute atomic E-state index is 9.93. The topological polar surface area (TPSA) is 116 Å². The predicted octanol–water partition coefficient (Wildman–Crippen LogP) is -2.19. The van der Waals surface area contributed by atoms with Crippen molar-refractivity contribution in [3.05, 3.63) is 0 Å². The number of nitrogens with two attached hydrogens (primary N) is 1. The molecular weight excluding hydrogens is 214 g/mol. The highest BCUT2D eigenvalue weighted by atomic mass is 16.5. The van der Waals surface area contributed by atoms with Crippen molar-refractivity contribution in [3.8, 4) is 0 Å². The van der Waals surface area contributed by atoms with Crippen LogP contribution in [0.3, 0.4) is 0 Å². The molecule has 0 unspecified atom stereocenters. The predicted molar refractivity (Wildman–Crippen MR) is 56.6 cm³/mol. The first-order chi connectivity index (χ1) is 7.35. The minimum absolute atomic E-state index is 0.299. The summed E-state index contributed by atoms with van der Waals surface area (Å²) >= 11 is 0. The van der Waals surface area contributed by atoms with Gasteiger partial charge in [-0.25, -0.2) is 0 Å². The van der Waals surface area contributed by atoms with Crippen LogP contribution < -0.4 is 5.73 Å². The number of rotatable bonds is 2. The standard InChI is InChI=1S/C10H21NO5/c1-10(2)5(3-12)8(14)7(11)9(15)6(4-13)16-10/h5-9,12-15H,3-4,11H2,1-2H3/t5-,6-,7+,8-,9+/m0/s1. The van der Waals surface area contributed by atoms with E-state index >= 15 is 0 Å². The summed E-state index contributed by atoms with van der Waals surface area (Å²) in [6.07, 6.45) is -3.08. The molecule has 1 rings (SSSR count). The molecule has 5 atom stereocenters. The Hall–Kier alpha value is -0.240. The van der Waals surface area contributed by atoms with Crippen LogP contribution in [0.4, 0.5) is 0 Å². The van der Waals surface area contributed by atoms with Gasteiger partial charge in [0.05, 0.1) is 31.0 Å². The van der Waals surface area contributed by atoms with Crippen LogP contribution in [-0.2, 0) is 4.74 Å². The van der Waals surface area contributed by atoms with Gasteiger partial charge in [-0.2, -0.15) is 0 Å². The van der Waals surface area contributed by atoms with Gasteiger partial charge in [0.2, 0.25) is 0 Å². The van der Waals surface area contributed by atoms with Crippen LogP contribution in [0.1, 0.15) is 13.8 Å². The molecule has 0 aromatic carbocycles. The van der Waals surface area contributed by atoms with Crippen LogP contribution in [0.2, 0.25) is 0 Å². The number of aliphatic hydroxyl groups is 4. The van der Waals surface area contributed by atoms with Crippen LogP contribution in [-0.4, -0.2) is 63.6 Å². The summed E-state index contributed by atoms with van der Waals surface area (Å²) in [6, 6.07) is -0.948. The summed E-state index contributed by atoms with van der Waals surface area (Å²) in [5, 5.41) is 38.1. The smallest absolute Gasteiger partial charge is 0.109 e. The van der Waals surface area contributed by atoms with Crippen molar-refractivity contribution >= 4 is 0 Å². The SMILES string of the molecule is CC1(C)O[C@@H](CO)[C@@H](O)[C@H](N)[C@@H](O)[C@@H]1CO. The van der Waals surface area contributed by atoms with Gasteiger partial charge in [0.1, 0.15) is 12.2 Å². The maximum atomic E-state index is 9.93. The Labute approximate surface area is 94.6 Å². The Kier molecular flexibility index (Phi) is 4.28. The van der Waals surface area contributed by atoms with Gasteiger partial charge in [0.15, 0.2) is 0 Å². The Morgan fingerprint density at radius 2 is 1.69 bits per heavy atom. The van der Waals surface area contributed by atoms with Crippen LogP contribution in [0.15, 0.2) is 0 Å². The van der Waals surface area contributed by atoms with Gasteiger partial charge in [-0.05, 0) is 13.8 Å². The average molecular weight is 235 g/mol. The average Bonchev–Trinajstić information content (AvgIpc) is 2.28. The van der Waals surface area contributed by atoms with E-state index in [9.17, 15) is 15.3 Å². The molecule has 16 heavy (non-hydrogen) atoms. The molecule has 6 nitrogen and oxygen atoms in total. The Morgan fingerprint density at radius 3 is 2.12 bits per heavy atom. The number of ether oxygens (including phenoxy) is 1. The quantitative estimate of drug-likeness (QED) is 0.371. The maximum Gasteiger partial charge on any atom is 0.109 e. The third-order valence-corrected chi connectivity index (χ3v) is 3.31. The van der Waals surface area contributed by atoms with Crippen molar-refractivity contribution in [2.75, 3.05) is 13.2 Å². The number of aliphatic hydroxyl groups excluding tert-OH is 4. The lowest BCUT2D eigenvalue weighted by Gasteiger charge is -2.35. The molecule has 0 aromatic rings. The fourth-order valence-electron chi connectivity index (χ4n) is 2.15. The van der Waals surface area contributed by atoms with Crippen LogP contribution in [0.5, 0.6) is 0 Å². The highest BCUT2D eigenvalue weighted by Crippen LogP contribution is 2.32. The summed E-state index contributed by atoms with van der Waals surface area (Å²) in [5.74, 6) is -0.603. The Bertz CT molecular complexity index is 235. The van der Waals surface area contributed by atoms with Gasteiger partial charge >= 0.3 is 0 Å². The molecule has 0 saturated carbocycles. The molecule has 0 bridgehead atoms. The molecule has 6 N–H and O–H groups in total. The third-order valence-electron chi connectivity index (χ3n) is 3.31. The first-order valence-electron chi connectivity index (χ1n) is 5.36. The van der Waals surface area contributed by atoms with Crippen molar-refractivity contribution in [1.82, 2.24) is 0 Å². The van der Waals surface area contributed by atoms with Crippen molar-refractivity contribution in [2.24, 2.45) is 11.7 Å². The summed E-state index contributed by atoms with van der Waals surface area (Å²) in [7, 11) is 0. The zero-order valence-electron chi connectivity index (χ0n) is 9.58. The van der Waals surface area contributed by atoms with E-state index in [0.29, 0.717) is 0 Å². The number of hydrogen-bond acceptors (Lipinski definition) is 6. The van der Waals surface area contributed by atoms with Gasteiger partial charge in [0.25, 0.3) is 0 Å². The molecule has 0 radical (unpaired) electrons. The van der Waals surface area contributed by atoms with E-state index in [1.54, 1.807) is 13.8 Å². The number of hydrogen-bond donors (Lipinski definition) is 5. The molecule has 96 valence electrons. The Morgan fingerprint density at radius 1 is 1.12 bits per heavy atom. The van der Waals surface area contributed by atoms with Gasteiger partial charge in [-0.1, -0.05) is 0 Å². The van der Waals surface area contributed by atoms with Crippen LogP contribution in [0, 0.1) is 5.92 Å². The summed E-state index contributed by atoms with van der Waals surface area (Å²) in [4.78, 5) is 0.